The van der Waals surface area contributed by atoms with Crippen molar-refractivity contribution in [2.75, 3.05) is 0 Å². The van der Waals surface area contributed by atoms with Gasteiger partial charge in [-0.1, -0.05) is 13.5 Å². The van der Waals surface area contributed by atoms with Crippen molar-refractivity contribution >= 4 is 12.1 Å². The number of carbonyl (C=O) groups is 2. The lowest BCUT2D eigenvalue weighted by molar-refractivity contribution is -0.123. The number of Topliss-reactive ketones (excluding diaryl/α,β-unsaturated/α-hetero) is 1. The highest BCUT2D eigenvalue weighted by Gasteiger charge is 2.06. The van der Waals surface area contributed by atoms with Gasteiger partial charge in [0.15, 0.2) is 0 Å². The molecule has 0 amide bonds. The lowest BCUT2D eigenvalue weighted by Gasteiger charge is -1.97. The Morgan fingerprint density at radius 2 is 2.40 bits per heavy atom. The van der Waals surface area contributed by atoms with Crippen LogP contribution >= 0.6 is 0 Å². The van der Waals surface area contributed by atoms with Crippen LogP contribution in [0.2, 0.25) is 0 Å². The number of aldehydes is 1. The minimum atomic E-state index is -0.234. The van der Waals surface area contributed by atoms with E-state index < -0.39 is 0 Å². The highest BCUT2D eigenvalue weighted by Crippen LogP contribution is 1.99. The molecule has 1 unspecified atom stereocenters. The molecule has 0 rings (SSSR count). The molecule has 0 aromatic carbocycles. The van der Waals surface area contributed by atoms with Crippen LogP contribution in [0, 0.1) is 5.92 Å². The third-order valence-electron chi connectivity index (χ3n) is 1.16. The number of ketones is 1. The molecule has 2 nitrogen and oxygen atoms in total. The SMILES string of the molecule is C=C=CC(C)C(=O)CC=O. The van der Waals surface area contributed by atoms with Crippen LogP contribution in [-0.2, 0) is 9.59 Å². The van der Waals surface area contributed by atoms with E-state index in [1.807, 2.05) is 0 Å². The predicted octanol–water partition coefficient (Wildman–Crippen LogP) is 1.12. The Kier molecular flexibility index (Phi) is 4.17. The minimum absolute atomic E-state index is 0.0145. The van der Waals surface area contributed by atoms with Crippen LogP contribution in [0.15, 0.2) is 18.4 Å². The zero-order valence-corrected chi connectivity index (χ0v) is 5.96. The van der Waals surface area contributed by atoms with E-state index in [0.717, 1.165) is 0 Å². The van der Waals surface area contributed by atoms with Gasteiger partial charge in [0, 0.05) is 5.92 Å². The van der Waals surface area contributed by atoms with Crippen LogP contribution in [-0.4, -0.2) is 12.1 Å². The molecule has 0 bridgehead atoms. The maximum atomic E-state index is 10.8. The van der Waals surface area contributed by atoms with Crippen molar-refractivity contribution in [3.63, 3.8) is 0 Å². The van der Waals surface area contributed by atoms with Gasteiger partial charge in [0.1, 0.15) is 12.1 Å². The van der Waals surface area contributed by atoms with Gasteiger partial charge < -0.3 is 4.79 Å². The maximum Gasteiger partial charge on any atom is 0.147 e. The zero-order chi connectivity index (χ0) is 7.98. The number of carbonyl (C=O) groups excluding carboxylic acids is 2. The molecule has 0 saturated carbocycles. The van der Waals surface area contributed by atoms with E-state index in [9.17, 15) is 9.59 Å². The van der Waals surface area contributed by atoms with Crippen LogP contribution < -0.4 is 0 Å². The van der Waals surface area contributed by atoms with Gasteiger partial charge >= 0.3 is 0 Å². The summed E-state index contributed by atoms with van der Waals surface area (Å²) in [6, 6.07) is 0. The predicted molar refractivity (Wildman–Crippen MR) is 38.6 cm³/mol. The summed E-state index contributed by atoms with van der Waals surface area (Å²) in [5.41, 5.74) is 2.50. The fraction of sp³-hybridized carbons (Fsp3) is 0.375. The third-order valence-corrected chi connectivity index (χ3v) is 1.16. The molecule has 0 saturated heterocycles. The first-order valence-corrected chi connectivity index (χ1v) is 3.04. The molecular formula is C8H10O2. The molecule has 54 valence electrons. The van der Waals surface area contributed by atoms with Gasteiger partial charge in [0.05, 0.1) is 6.42 Å². The first kappa shape index (κ1) is 8.86. The summed E-state index contributed by atoms with van der Waals surface area (Å²) in [6.45, 7) is 5.03. The number of hydrogen-bond acceptors (Lipinski definition) is 2. The molecule has 0 N–H and O–H groups in total. The van der Waals surface area contributed by atoms with Crippen LogP contribution in [0.1, 0.15) is 13.3 Å². The first-order valence-electron chi connectivity index (χ1n) is 3.04. The highest BCUT2D eigenvalue weighted by molar-refractivity contribution is 5.92. The van der Waals surface area contributed by atoms with Gasteiger partial charge in [-0.05, 0) is 6.08 Å². The second-order valence-corrected chi connectivity index (χ2v) is 2.00. The Balaban J connectivity index is 3.93. The molecule has 0 aliphatic rings. The Bertz CT molecular complexity index is 176. The zero-order valence-electron chi connectivity index (χ0n) is 5.96. The maximum absolute atomic E-state index is 10.8. The van der Waals surface area contributed by atoms with Crippen LogP contribution in [0.3, 0.4) is 0 Å². The van der Waals surface area contributed by atoms with Crippen molar-refractivity contribution in [1.29, 1.82) is 0 Å². The van der Waals surface area contributed by atoms with Gasteiger partial charge in [0.25, 0.3) is 0 Å². The van der Waals surface area contributed by atoms with Gasteiger partial charge in [-0.15, -0.1) is 5.73 Å². The molecule has 0 fully saturated rings. The van der Waals surface area contributed by atoms with E-state index in [2.05, 4.69) is 12.3 Å². The fourth-order valence-corrected chi connectivity index (χ4v) is 0.538. The van der Waals surface area contributed by atoms with Crippen molar-refractivity contribution in [3.8, 4) is 0 Å². The van der Waals surface area contributed by atoms with Crippen LogP contribution in [0.4, 0.5) is 0 Å². The van der Waals surface area contributed by atoms with Gasteiger partial charge in [-0.3, -0.25) is 4.79 Å². The lowest BCUT2D eigenvalue weighted by atomic mass is 10.1. The van der Waals surface area contributed by atoms with Crippen molar-refractivity contribution < 1.29 is 9.59 Å². The van der Waals surface area contributed by atoms with E-state index in [0.29, 0.717) is 6.29 Å². The smallest absolute Gasteiger partial charge is 0.147 e. The third kappa shape index (κ3) is 3.00. The summed E-state index contributed by atoms with van der Waals surface area (Å²) in [6.07, 6.45) is 2.14. The number of rotatable bonds is 4. The Labute approximate surface area is 60.2 Å². The van der Waals surface area contributed by atoms with Gasteiger partial charge in [0.2, 0.25) is 0 Å². The van der Waals surface area contributed by atoms with Crippen LogP contribution in [0.5, 0.6) is 0 Å². The molecule has 1 atom stereocenters. The van der Waals surface area contributed by atoms with E-state index in [1.54, 1.807) is 13.0 Å². The molecule has 0 spiro atoms. The molecule has 10 heavy (non-hydrogen) atoms. The normalized spacial score (nSPS) is 11.3. The number of hydrogen-bond donors (Lipinski definition) is 0. The van der Waals surface area contributed by atoms with Crippen molar-refractivity contribution in [3.05, 3.63) is 18.4 Å². The van der Waals surface area contributed by atoms with Crippen LogP contribution in [0.25, 0.3) is 0 Å². The van der Waals surface area contributed by atoms with Crippen molar-refractivity contribution in [2.45, 2.75) is 13.3 Å². The van der Waals surface area contributed by atoms with Gasteiger partial charge in [-0.2, -0.15) is 0 Å². The quantitative estimate of drug-likeness (QED) is 0.331. The molecule has 2 heteroatoms. The molecule has 0 heterocycles. The average molecular weight is 138 g/mol. The topological polar surface area (TPSA) is 34.1 Å². The number of allylic oxidation sites excluding steroid dienone is 1. The van der Waals surface area contributed by atoms with E-state index >= 15 is 0 Å². The fourth-order valence-electron chi connectivity index (χ4n) is 0.538. The summed E-state index contributed by atoms with van der Waals surface area (Å²) in [5.74, 6) is -0.325. The summed E-state index contributed by atoms with van der Waals surface area (Å²) < 4.78 is 0. The standard InChI is InChI=1S/C8H10O2/c1-3-4-7(2)8(10)5-6-9/h4,6-7H,1,5H2,2H3. The first-order chi connectivity index (χ1) is 4.72. The average Bonchev–Trinajstić information content (AvgIpc) is 1.89. The van der Waals surface area contributed by atoms with Crippen molar-refractivity contribution in [1.82, 2.24) is 0 Å². The van der Waals surface area contributed by atoms with E-state index in [4.69, 9.17) is 0 Å². The minimum Gasteiger partial charge on any atom is -0.303 e. The summed E-state index contributed by atoms with van der Waals surface area (Å²) in [7, 11) is 0. The van der Waals surface area contributed by atoms with Crippen molar-refractivity contribution in [2.24, 2.45) is 5.92 Å². The largest absolute Gasteiger partial charge is 0.303 e. The second kappa shape index (κ2) is 4.71. The molecule has 0 aliphatic heterocycles. The molecular weight excluding hydrogens is 128 g/mol. The molecule has 0 aromatic heterocycles. The van der Waals surface area contributed by atoms with Gasteiger partial charge in [-0.25, -0.2) is 0 Å². The monoisotopic (exact) mass is 138 g/mol. The Hall–Kier alpha value is -1.14. The Morgan fingerprint density at radius 3 is 2.80 bits per heavy atom. The van der Waals surface area contributed by atoms with E-state index in [-0.39, 0.29) is 18.1 Å². The molecule has 0 aliphatic carbocycles. The highest BCUT2D eigenvalue weighted by atomic mass is 16.1. The summed E-state index contributed by atoms with van der Waals surface area (Å²) in [5, 5.41) is 0. The molecule has 0 radical (unpaired) electrons. The summed E-state index contributed by atoms with van der Waals surface area (Å²) >= 11 is 0. The lowest BCUT2D eigenvalue weighted by Crippen LogP contribution is -2.07. The Morgan fingerprint density at radius 1 is 1.80 bits per heavy atom. The van der Waals surface area contributed by atoms with E-state index in [1.165, 1.54) is 0 Å². The second-order valence-electron chi connectivity index (χ2n) is 2.00. The summed E-state index contributed by atoms with van der Waals surface area (Å²) in [4.78, 5) is 20.7. The molecule has 0 aromatic rings.